The molecule has 2 atom stereocenters. The number of hydrogen-bond acceptors (Lipinski definition) is 3. The van der Waals surface area contributed by atoms with Crippen molar-refractivity contribution in [1.82, 2.24) is 4.90 Å². The van der Waals surface area contributed by atoms with Gasteiger partial charge in [-0.2, -0.15) is 0 Å². The van der Waals surface area contributed by atoms with Gasteiger partial charge in [0.1, 0.15) is 5.60 Å². The molecule has 2 unspecified atom stereocenters. The van der Waals surface area contributed by atoms with E-state index in [1.165, 1.54) is 16.7 Å². The molecule has 0 radical (unpaired) electrons. The van der Waals surface area contributed by atoms with Crippen LogP contribution < -0.4 is 0 Å². The summed E-state index contributed by atoms with van der Waals surface area (Å²) in [6.45, 7) is 10.7. The number of fused-ring (bicyclic) bond motifs is 2. The van der Waals surface area contributed by atoms with Crippen LogP contribution in [0.25, 0.3) is 0 Å². The SMILES string of the molecule is Cc1cccc(C)c1COC1CC2CCC(C1)N2C(=O)OC(C)(C)C. The largest absolute Gasteiger partial charge is 0.444 e. The number of carbonyl (C=O) groups is 1. The Labute approximate surface area is 151 Å². The summed E-state index contributed by atoms with van der Waals surface area (Å²) in [5, 5.41) is 0. The van der Waals surface area contributed by atoms with Crippen molar-refractivity contribution in [3.63, 3.8) is 0 Å². The van der Waals surface area contributed by atoms with E-state index in [0.717, 1.165) is 25.7 Å². The van der Waals surface area contributed by atoms with E-state index in [4.69, 9.17) is 9.47 Å². The topological polar surface area (TPSA) is 38.8 Å². The van der Waals surface area contributed by atoms with Crippen LogP contribution in [-0.4, -0.2) is 34.8 Å². The molecule has 0 aromatic heterocycles. The highest BCUT2D eigenvalue weighted by atomic mass is 16.6. The number of rotatable bonds is 3. The molecular weight excluding hydrogens is 314 g/mol. The summed E-state index contributed by atoms with van der Waals surface area (Å²) in [7, 11) is 0. The Bertz CT molecular complexity index is 600. The van der Waals surface area contributed by atoms with Crippen LogP contribution in [0.2, 0.25) is 0 Å². The summed E-state index contributed by atoms with van der Waals surface area (Å²) in [5.74, 6) is 0. The van der Waals surface area contributed by atoms with Crippen LogP contribution in [-0.2, 0) is 16.1 Å². The third-order valence-electron chi connectivity index (χ3n) is 5.40. The molecule has 25 heavy (non-hydrogen) atoms. The summed E-state index contributed by atoms with van der Waals surface area (Å²) in [6.07, 6.45) is 4.03. The van der Waals surface area contributed by atoms with Crippen molar-refractivity contribution in [2.75, 3.05) is 0 Å². The van der Waals surface area contributed by atoms with Gasteiger partial charge < -0.3 is 14.4 Å². The number of benzene rings is 1. The predicted molar refractivity (Wildman–Crippen MR) is 98.6 cm³/mol. The Balaban J connectivity index is 1.59. The lowest BCUT2D eigenvalue weighted by molar-refractivity contribution is -0.0398. The number of hydrogen-bond donors (Lipinski definition) is 0. The molecule has 0 spiro atoms. The lowest BCUT2D eigenvalue weighted by Crippen LogP contribution is -2.50. The molecule has 2 bridgehead atoms. The van der Waals surface area contributed by atoms with Gasteiger partial charge in [-0.05, 0) is 77.0 Å². The Kier molecular flexibility index (Phi) is 5.10. The molecule has 1 aromatic carbocycles. The summed E-state index contributed by atoms with van der Waals surface area (Å²) in [4.78, 5) is 14.5. The van der Waals surface area contributed by atoms with Crippen molar-refractivity contribution < 1.29 is 14.3 Å². The van der Waals surface area contributed by atoms with Crippen molar-refractivity contribution in [3.8, 4) is 0 Å². The van der Waals surface area contributed by atoms with E-state index in [1.807, 2.05) is 25.7 Å². The highest BCUT2D eigenvalue weighted by Crippen LogP contribution is 2.38. The summed E-state index contributed by atoms with van der Waals surface area (Å²) in [5.41, 5.74) is 3.43. The molecule has 1 aromatic rings. The van der Waals surface area contributed by atoms with Gasteiger partial charge in [-0.15, -0.1) is 0 Å². The third kappa shape index (κ3) is 4.17. The monoisotopic (exact) mass is 345 g/mol. The van der Waals surface area contributed by atoms with Crippen LogP contribution in [0.15, 0.2) is 18.2 Å². The first-order valence-corrected chi connectivity index (χ1v) is 9.42. The van der Waals surface area contributed by atoms with Crippen molar-refractivity contribution in [3.05, 3.63) is 34.9 Å². The molecule has 1 amide bonds. The molecule has 2 aliphatic rings. The normalized spacial score (nSPS) is 26.0. The molecule has 0 N–H and O–H groups in total. The van der Waals surface area contributed by atoms with Gasteiger partial charge in [-0.3, -0.25) is 0 Å². The maximum atomic E-state index is 12.5. The number of amides is 1. The Hall–Kier alpha value is -1.55. The van der Waals surface area contributed by atoms with Gasteiger partial charge in [0.15, 0.2) is 0 Å². The minimum atomic E-state index is -0.438. The fourth-order valence-electron chi connectivity index (χ4n) is 4.15. The van der Waals surface area contributed by atoms with E-state index in [-0.39, 0.29) is 24.3 Å². The Morgan fingerprint density at radius 2 is 1.68 bits per heavy atom. The van der Waals surface area contributed by atoms with Crippen LogP contribution in [0.3, 0.4) is 0 Å². The first kappa shape index (κ1) is 18.2. The summed E-state index contributed by atoms with van der Waals surface area (Å²) >= 11 is 0. The Morgan fingerprint density at radius 3 is 2.20 bits per heavy atom. The minimum absolute atomic E-state index is 0.159. The lowest BCUT2D eigenvalue weighted by Gasteiger charge is -2.39. The van der Waals surface area contributed by atoms with Crippen molar-refractivity contribution in [2.24, 2.45) is 0 Å². The standard InChI is InChI=1S/C21H31NO3/c1-14-7-6-8-15(2)19(14)13-24-18-11-16-9-10-17(12-18)22(16)20(23)25-21(3,4)5/h6-8,16-18H,9-13H2,1-5H3. The number of ether oxygens (including phenoxy) is 2. The summed E-state index contributed by atoms with van der Waals surface area (Å²) < 4.78 is 11.9. The molecule has 3 rings (SSSR count). The fraction of sp³-hybridized carbons (Fsp3) is 0.667. The maximum Gasteiger partial charge on any atom is 0.410 e. The fourth-order valence-corrected chi connectivity index (χ4v) is 4.15. The van der Waals surface area contributed by atoms with E-state index >= 15 is 0 Å². The highest BCUT2D eigenvalue weighted by molar-refractivity contribution is 5.69. The first-order chi connectivity index (χ1) is 11.7. The lowest BCUT2D eigenvalue weighted by atomic mass is 9.99. The molecule has 0 aliphatic carbocycles. The van der Waals surface area contributed by atoms with Crippen molar-refractivity contribution >= 4 is 6.09 Å². The summed E-state index contributed by atoms with van der Waals surface area (Å²) in [6, 6.07) is 6.89. The van der Waals surface area contributed by atoms with E-state index in [1.54, 1.807) is 0 Å². The third-order valence-corrected chi connectivity index (χ3v) is 5.40. The number of aryl methyl sites for hydroxylation is 2. The van der Waals surface area contributed by atoms with E-state index in [9.17, 15) is 4.79 Å². The van der Waals surface area contributed by atoms with Gasteiger partial charge in [0, 0.05) is 12.1 Å². The van der Waals surface area contributed by atoms with Gasteiger partial charge >= 0.3 is 6.09 Å². The smallest absolute Gasteiger partial charge is 0.410 e. The molecule has 4 nitrogen and oxygen atoms in total. The van der Waals surface area contributed by atoms with Gasteiger partial charge in [0.2, 0.25) is 0 Å². The zero-order valence-electron chi connectivity index (χ0n) is 16.2. The minimum Gasteiger partial charge on any atom is -0.444 e. The average Bonchev–Trinajstić information content (AvgIpc) is 2.76. The molecule has 0 saturated carbocycles. The van der Waals surface area contributed by atoms with E-state index in [0.29, 0.717) is 6.61 Å². The van der Waals surface area contributed by atoms with Crippen LogP contribution in [0.4, 0.5) is 4.79 Å². The molecule has 4 heteroatoms. The second kappa shape index (κ2) is 6.99. The maximum absolute atomic E-state index is 12.5. The van der Waals surface area contributed by atoms with E-state index in [2.05, 4.69) is 32.0 Å². The van der Waals surface area contributed by atoms with Crippen LogP contribution in [0.5, 0.6) is 0 Å². The van der Waals surface area contributed by atoms with Gasteiger partial charge in [0.05, 0.1) is 12.7 Å². The zero-order chi connectivity index (χ0) is 18.2. The van der Waals surface area contributed by atoms with Crippen LogP contribution in [0, 0.1) is 13.8 Å². The molecule has 2 heterocycles. The second-order valence-corrected chi connectivity index (χ2v) is 8.55. The number of carbonyl (C=O) groups excluding carboxylic acids is 1. The van der Waals surface area contributed by atoms with Gasteiger partial charge in [0.25, 0.3) is 0 Å². The molecule has 138 valence electrons. The molecule has 2 fully saturated rings. The Morgan fingerprint density at radius 1 is 1.12 bits per heavy atom. The van der Waals surface area contributed by atoms with Gasteiger partial charge in [-0.1, -0.05) is 18.2 Å². The second-order valence-electron chi connectivity index (χ2n) is 8.55. The number of piperidine rings is 1. The molecular formula is C21H31NO3. The van der Waals surface area contributed by atoms with Crippen LogP contribution >= 0.6 is 0 Å². The molecule has 2 saturated heterocycles. The predicted octanol–water partition coefficient (Wildman–Crippen LogP) is 4.75. The van der Waals surface area contributed by atoms with E-state index < -0.39 is 5.60 Å². The quantitative estimate of drug-likeness (QED) is 0.793. The number of nitrogens with zero attached hydrogens (tertiary/aromatic N) is 1. The average molecular weight is 345 g/mol. The molecule has 2 aliphatic heterocycles. The van der Waals surface area contributed by atoms with Crippen molar-refractivity contribution in [2.45, 2.75) is 90.7 Å². The zero-order valence-corrected chi connectivity index (χ0v) is 16.2. The first-order valence-electron chi connectivity index (χ1n) is 9.42. The highest BCUT2D eigenvalue weighted by Gasteiger charge is 2.45. The van der Waals surface area contributed by atoms with Crippen LogP contribution in [0.1, 0.15) is 63.1 Å². The van der Waals surface area contributed by atoms with Crippen molar-refractivity contribution in [1.29, 1.82) is 0 Å². The van der Waals surface area contributed by atoms with Gasteiger partial charge in [-0.25, -0.2) is 4.79 Å².